The molecule has 1 heterocycles. The Bertz CT molecular complexity index is 517. The summed E-state index contributed by atoms with van der Waals surface area (Å²) in [6.07, 6.45) is 2.54. The maximum atomic E-state index is 11.7. The molecule has 112 valence electrons. The molecule has 20 heavy (non-hydrogen) atoms. The van der Waals surface area contributed by atoms with Gasteiger partial charge in [-0.3, -0.25) is 0 Å². The van der Waals surface area contributed by atoms with Crippen molar-refractivity contribution in [3.05, 3.63) is 24.3 Å². The third kappa shape index (κ3) is 3.88. The van der Waals surface area contributed by atoms with Crippen molar-refractivity contribution < 1.29 is 8.42 Å². The van der Waals surface area contributed by atoms with Gasteiger partial charge in [0, 0.05) is 31.0 Å². The predicted octanol–water partition coefficient (Wildman–Crippen LogP) is 2.52. The van der Waals surface area contributed by atoms with Gasteiger partial charge >= 0.3 is 0 Å². The summed E-state index contributed by atoms with van der Waals surface area (Å²) in [6.45, 7) is 6.18. The molecule has 0 unspecified atom stereocenters. The quantitative estimate of drug-likeness (QED) is 0.876. The van der Waals surface area contributed by atoms with Gasteiger partial charge in [-0.15, -0.1) is 0 Å². The van der Waals surface area contributed by atoms with Crippen molar-refractivity contribution >= 4 is 21.2 Å². The van der Waals surface area contributed by atoms with E-state index in [1.165, 1.54) is 18.5 Å². The van der Waals surface area contributed by atoms with Crippen molar-refractivity contribution in [1.82, 2.24) is 0 Å². The summed E-state index contributed by atoms with van der Waals surface area (Å²) >= 11 is 0. The van der Waals surface area contributed by atoms with Crippen LogP contribution >= 0.6 is 0 Å². The highest BCUT2D eigenvalue weighted by Gasteiger charge is 2.15. The fraction of sp³-hybridized carbons (Fsp3) is 0.600. The van der Waals surface area contributed by atoms with Gasteiger partial charge in [-0.2, -0.15) is 0 Å². The summed E-state index contributed by atoms with van der Waals surface area (Å²) in [6, 6.07) is 8.25. The van der Waals surface area contributed by atoms with E-state index in [0.29, 0.717) is 6.54 Å². The second-order valence-corrected chi connectivity index (χ2v) is 8.26. The first kappa shape index (κ1) is 15.2. The predicted molar refractivity (Wildman–Crippen MR) is 85.3 cm³/mol. The lowest BCUT2D eigenvalue weighted by molar-refractivity contribution is 0.588. The number of hydrogen-bond donors (Lipinski definition) is 1. The molecule has 1 aliphatic heterocycles. The van der Waals surface area contributed by atoms with Crippen LogP contribution in [0, 0.1) is 0 Å². The standard InChI is InChI=1S/C15H24N2O2S/c1-13(2)20(18,19)12-9-16-14-5-7-15(8-6-14)17-10-3-4-11-17/h5-8,13,16H,3-4,9-12H2,1-2H3. The van der Waals surface area contributed by atoms with Gasteiger partial charge in [0.15, 0.2) is 9.84 Å². The number of nitrogens with one attached hydrogen (secondary N) is 1. The van der Waals surface area contributed by atoms with E-state index in [-0.39, 0.29) is 11.0 Å². The Morgan fingerprint density at radius 1 is 1.15 bits per heavy atom. The number of rotatable bonds is 6. The van der Waals surface area contributed by atoms with Gasteiger partial charge in [-0.25, -0.2) is 8.42 Å². The van der Waals surface area contributed by atoms with Crippen molar-refractivity contribution in [3.63, 3.8) is 0 Å². The zero-order chi connectivity index (χ0) is 14.6. The minimum Gasteiger partial charge on any atom is -0.384 e. The molecule has 0 aromatic heterocycles. The second kappa shape index (κ2) is 6.48. The second-order valence-electron chi connectivity index (χ2n) is 5.58. The first-order chi connectivity index (χ1) is 9.49. The number of nitrogens with zero attached hydrogens (tertiary/aromatic N) is 1. The molecule has 0 atom stereocenters. The Morgan fingerprint density at radius 2 is 1.75 bits per heavy atom. The van der Waals surface area contributed by atoms with Crippen LogP contribution in [0.15, 0.2) is 24.3 Å². The number of benzene rings is 1. The van der Waals surface area contributed by atoms with E-state index in [2.05, 4.69) is 22.3 Å². The smallest absolute Gasteiger partial charge is 0.154 e. The van der Waals surface area contributed by atoms with Crippen LogP contribution in [0.2, 0.25) is 0 Å². The minimum absolute atomic E-state index is 0.179. The lowest BCUT2D eigenvalue weighted by Crippen LogP contribution is -2.23. The van der Waals surface area contributed by atoms with E-state index < -0.39 is 9.84 Å². The third-order valence-corrected chi connectivity index (χ3v) is 5.98. The molecule has 1 aromatic rings. The van der Waals surface area contributed by atoms with Crippen LogP contribution in [0.5, 0.6) is 0 Å². The largest absolute Gasteiger partial charge is 0.384 e. The Labute approximate surface area is 122 Å². The maximum Gasteiger partial charge on any atom is 0.154 e. The topological polar surface area (TPSA) is 49.4 Å². The van der Waals surface area contributed by atoms with E-state index >= 15 is 0 Å². The Morgan fingerprint density at radius 3 is 2.30 bits per heavy atom. The van der Waals surface area contributed by atoms with E-state index in [4.69, 9.17) is 0 Å². The molecule has 0 aliphatic carbocycles. The monoisotopic (exact) mass is 296 g/mol. The fourth-order valence-electron chi connectivity index (χ4n) is 2.34. The number of hydrogen-bond acceptors (Lipinski definition) is 4. The molecule has 0 bridgehead atoms. The molecule has 1 aromatic carbocycles. The molecule has 0 spiro atoms. The van der Waals surface area contributed by atoms with Crippen LogP contribution in [0.1, 0.15) is 26.7 Å². The zero-order valence-electron chi connectivity index (χ0n) is 12.3. The van der Waals surface area contributed by atoms with Crippen LogP contribution in [-0.2, 0) is 9.84 Å². The summed E-state index contributed by atoms with van der Waals surface area (Å²) in [5.74, 6) is 0.179. The SMILES string of the molecule is CC(C)S(=O)(=O)CCNc1ccc(N2CCCC2)cc1. The molecule has 1 saturated heterocycles. The van der Waals surface area contributed by atoms with E-state index in [1.54, 1.807) is 13.8 Å². The molecular formula is C15H24N2O2S. The Hall–Kier alpha value is -1.23. The van der Waals surface area contributed by atoms with Gasteiger partial charge in [-0.1, -0.05) is 0 Å². The maximum absolute atomic E-state index is 11.7. The van der Waals surface area contributed by atoms with Crippen molar-refractivity contribution in [1.29, 1.82) is 0 Å². The van der Waals surface area contributed by atoms with E-state index in [9.17, 15) is 8.42 Å². The van der Waals surface area contributed by atoms with Gasteiger partial charge < -0.3 is 10.2 Å². The minimum atomic E-state index is -2.96. The molecule has 0 radical (unpaired) electrons. The Kier molecular flexibility index (Phi) is 4.91. The van der Waals surface area contributed by atoms with Crippen LogP contribution < -0.4 is 10.2 Å². The molecule has 4 nitrogen and oxygen atoms in total. The zero-order valence-corrected chi connectivity index (χ0v) is 13.1. The molecule has 0 saturated carbocycles. The van der Waals surface area contributed by atoms with Crippen LogP contribution in [-0.4, -0.2) is 39.1 Å². The van der Waals surface area contributed by atoms with Gasteiger partial charge in [0.2, 0.25) is 0 Å². The van der Waals surface area contributed by atoms with Crippen molar-refractivity contribution in [2.75, 3.05) is 35.6 Å². The van der Waals surface area contributed by atoms with Crippen molar-refractivity contribution in [2.24, 2.45) is 0 Å². The van der Waals surface area contributed by atoms with E-state index in [1.807, 2.05) is 12.1 Å². The molecular weight excluding hydrogens is 272 g/mol. The highest BCUT2D eigenvalue weighted by molar-refractivity contribution is 7.92. The fourth-order valence-corrected chi connectivity index (χ4v) is 3.20. The summed E-state index contributed by atoms with van der Waals surface area (Å²) < 4.78 is 23.4. The van der Waals surface area contributed by atoms with Gasteiger partial charge in [-0.05, 0) is 51.0 Å². The summed E-state index contributed by atoms with van der Waals surface area (Å²) in [7, 11) is -2.96. The van der Waals surface area contributed by atoms with Gasteiger partial charge in [0.25, 0.3) is 0 Å². The molecule has 0 amide bonds. The van der Waals surface area contributed by atoms with Crippen LogP contribution in [0.3, 0.4) is 0 Å². The van der Waals surface area contributed by atoms with Crippen LogP contribution in [0.4, 0.5) is 11.4 Å². The molecule has 1 N–H and O–H groups in total. The van der Waals surface area contributed by atoms with Crippen LogP contribution in [0.25, 0.3) is 0 Å². The molecule has 2 rings (SSSR count). The van der Waals surface area contributed by atoms with Gasteiger partial charge in [0.1, 0.15) is 0 Å². The first-order valence-corrected chi connectivity index (χ1v) is 9.01. The molecule has 1 fully saturated rings. The summed E-state index contributed by atoms with van der Waals surface area (Å²) in [5.41, 5.74) is 2.23. The molecule has 5 heteroatoms. The first-order valence-electron chi connectivity index (χ1n) is 7.29. The Balaban J connectivity index is 1.85. The molecule has 1 aliphatic rings. The third-order valence-electron chi connectivity index (χ3n) is 3.77. The summed E-state index contributed by atoms with van der Waals surface area (Å²) in [4.78, 5) is 2.38. The highest BCUT2D eigenvalue weighted by atomic mass is 32.2. The number of anilines is 2. The summed E-state index contributed by atoms with van der Waals surface area (Å²) in [5, 5.41) is 2.87. The normalized spacial score (nSPS) is 15.8. The van der Waals surface area contributed by atoms with Crippen molar-refractivity contribution in [2.45, 2.75) is 31.9 Å². The van der Waals surface area contributed by atoms with E-state index in [0.717, 1.165) is 18.8 Å². The van der Waals surface area contributed by atoms with Crippen molar-refractivity contribution in [3.8, 4) is 0 Å². The average molecular weight is 296 g/mol. The highest BCUT2D eigenvalue weighted by Crippen LogP contribution is 2.21. The van der Waals surface area contributed by atoms with Gasteiger partial charge in [0.05, 0.1) is 11.0 Å². The lowest BCUT2D eigenvalue weighted by atomic mass is 10.2. The lowest BCUT2D eigenvalue weighted by Gasteiger charge is -2.18. The average Bonchev–Trinajstić information content (AvgIpc) is 2.93. The number of sulfone groups is 1.